The molecular weight excluding hydrogens is 214 g/mol. The van der Waals surface area contributed by atoms with Gasteiger partial charge in [0.25, 0.3) is 5.88 Å². The van der Waals surface area contributed by atoms with Crippen LogP contribution in [0, 0.1) is 0 Å². The van der Waals surface area contributed by atoms with Crippen LogP contribution in [0.1, 0.15) is 12.8 Å². The average Bonchev–Trinajstić information content (AvgIpc) is 2.63. The van der Waals surface area contributed by atoms with Crippen LogP contribution in [0.5, 0.6) is 5.88 Å². The van der Waals surface area contributed by atoms with Crippen LogP contribution in [0.4, 0.5) is 0 Å². The molecule has 0 aliphatic carbocycles. The van der Waals surface area contributed by atoms with Crippen molar-refractivity contribution >= 4 is 11.6 Å². The molecule has 2 heterocycles. The summed E-state index contributed by atoms with van der Waals surface area (Å²) in [6.07, 6.45) is 3.96. The van der Waals surface area contributed by atoms with E-state index in [4.69, 9.17) is 16.3 Å². The molecule has 0 N–H and O–H groups in total. The Morgan fingerprint density at radius 1 is 1.67 bits per heavy atom. The topological polar surface area (TPSA) is 38.2 Å². The molecule has 1 aliphatic heterocycles. The molecule has 5 heteroatoms. The summed E-state index contributed by atoms with van der Waals surface area (Å²) in [5.41, 5.74) is 0. The first-order chi connectivity index (χ1) is 7.27. The zero-order valence-electron chi connectivity index (χ0n) is 8.69. The molecule has 0 bridgehead atoms. The van der Waals surface area contributed by atoms with E-state index in [9.17, 15) is 0 Å². The average molecular weight is 228 g/mol. The van der Waals surface area contributed by atoms with Gasteiger partial charge in [0.15, 0.2) is 0 Å². The lowest BCUT2D eigenvalue weighted by molar-refractivity contribution is 0.192. The van der Waals surface area contributed by atoms with Crippen molar-refractivity contribution < 1.29 is 4.74 Å². The first-order valence-electron chi connectivity index (χ1n) is 5.07. The molecule has 1 saturated heterocycles. The minimum absolute atomic E-state index is 0.430. The number of halogens is 1. The van der Waals surface area contributed by atoms with Crippen molar-refractivity contribution in [1.29, 1.82) is 0 Å². The number of likely N-dealkylation sites (tertiary alicyclic amines) is 1. The number of hydrogen-bond acceptors (Lipinski definition) is 4. The molecule has 1 fully saturated rings. The Bertz CT molecular complexity index is 334. The molecule has 4 nitrogen and oxygen atoms in total. The molecule has 1 aromatic heterocycles. The summed E-state index contributed by atoms with van der Waals surface area (Å²) in [6, 6.07) is 2.16. The van der Waals surface area contributed by atoms with Crippen molar-refractivity contribution in [2.45, 2.75) is 18.9 Å². The summed E-state index contributed by atoms with van der Waals surface area (Å²) in [4.78, 5) is 2.30. The maximum absolute atomic E-state index is 5.90. The van der Waals surface area contributed by atoms with E-state index in [1.165, 1.54) is 12.8 Å². The zero-order chi connectivity index (χ0) is 10.7. The second-order valence-corrected chi connectivity index (χ2v) is 4.18. The predicted molar refractivity (Wildman–Crippen MR) is 58.2 cm³/mol. The lowest BCUT2D eigenvalue weighted by Gasteiger charge is -2.19. The van der Waals surface area contributed by atoms with E-state index < -0.39 is 0 Å². The van der Waals surface area contributed by atoms with Crippen LogP contribution < -0.4 is 4.74 Å². The highest BCUT2D eigenvalue weighted by Gasteiger charge is 2.21. The molecule has 1 atom stereocenters. The fourth-order valence-electron chi connectivity index (χ4n) is 1.77. The number of ether oxygens (including phenoxy) is 1. The predicted octanol–water partition coefficient (Wildman–Crippen LogP) is 1.60. The van der Waals surface area contributed by atoms with Crippen molar-refractivity contribution in [1.82, 2.24) is 15.1 Å². The standard InChI is InChI=1S/C10H14ClN3O/c1-14-6-2-3-8(14)7-15-10-9(11)4-5-12-13-10/h4-5,8H,2-3,6-7H2,1H3/t8-/m0/s1. The molecule has 0 spiro atoms. The van der Waals surface area contributed by atoms with Crippen molar-refractivity contribution in [3.63, 3.8) is 0 Å². The van der Waals surface area contributed by atoms with Crippen LogP contribution in [-0.4, -0.2) is 41.3 Å². The first-order valence-corrected chi connectivity index (χ1v) is 5.45. The minimum Gasteiger partial charge on any atom is -0.474 e. The van der Waals surface area contributed by atoms with Crippen LogP contribution in [0.2, 0.25) is 5.02 Å². The Morgan fingerprint density at radius 2 is 2.53 bits per heavy atom. The normalized spacial score (nSPS) is 21.9. The molecule has 82 valence electrons. The second-order valence-electron chi connectivity index (χ2n) is 3.77. The van der Waals surface area contributed by atoms with Crippen LogP contribution in [-0.2, 0) is 0 Å². The summed E-state index contributed by atoms with van der Waals surface area (Å²) < 4.78 is 5.54. The third kappa shape index (κ3) is 2.58. The van der Waals surface area contributed by atoms with E-state index in [-0.39, 0.29) is 0 Å². The van der Waals surface area contributed by atoms with Crippen molar-refractivity contribution in [2.75, 3.05) is 20.2 Å². The van der Waals surface area contributed by atoms with E-state index in [1.54, 1.807) is 12.3 Å². The Balaban J connectivity index is 1.90. The summed E-state index contributed by atoms with van der Waals surface area (Å²) in [5.74, 6) is 0.430. The van der Waals surface area contributed by atoms with Crippen molar-refractivity contribution in [3.05, 3.63) is 17.3 Å². The Morgan fingerprint density at radius 3 is 3.20 bits per heavy atom. The van der Waals surface area contributed by atoms with Crippen molar-refractivity contribution in [2.24, 2.45) is 0 Å². The van der Waals surface area contributed by atoms with Gasteiger partial charge in [-0.05, 0) is 32.5 Å². The Kier molecular flexibility index (Phi) is 3.38. The summed E-state index contributed by atoms with van der Waals surface area (Å²) in [6.45, 7) is 1.77. The van der Waals surface area contributed by atoms with Crippen LogP contribution in [0.3, 0.4) is 0 Å². The third-order valence-electron chi connectivity index (χ3n) is 2.72. The SMILES string of the molecule is CN1CCC[C@H]1COc1nnccc1Cl. The lowest BCUT2D eigenvalue weighted by atomic mass is 10.2. The Hall–Kier alpha value is -0.870. The van der Waals surface area contributed by atoms with Gasteiger partial charge in [0.2, 0.25) is 0 Å². The van der Waals surface area contributed by atoms with Gasteiger partial charge in [-0.2, -0.15) is 5.10 Å². The molecular formula is C10H14ClN3O. The highest BCUT2D eigenvalue weighted by molar-refractivity contribution is 6.31. The maximum Gasteiger partial charge on any atom is 0.252 e. The van der Waals surface area contributed by atoms with Crippen molar-refractivity contribution in [3.8, 4) is 5.88 Å². The van der Waals surface area contributed by atoms with E-state index >= 15 is 0 Å². The van der Waals surface area contributed by atoms with Gasteiger partial charge in [-0.3, -0.25) is 0 Å². The number of aromatic nitrogens is 2. The molecule has 0 unspecified atom stereocenters. The molecule has 2 rings (SSSR count). The molecule has 0 radical (unpaired) electrons. The van der Waals surface area contributed by atoms with Gasteiger partial charge >= 0.3 is 0 Å². The minimum atomic E-state index is 0.430. The van der Waals surface area contributed by atoms with Crippen LogP contribution in [0.15, 0.2) is 12.3 Å². The van der Waals surface area contributed by atoms with Gasteiger partial charge in [-0.25, -0.2) is 0 Å². The number of likely N-dealkylation sites (N-methyl/N-ethyl adjacent to an activating group) is 1. The van der Waals surface area contributed by atoms with Crippen LogP contribution >= 0.6 is 11.6 Å². The molecule has 1 aromatic rings. The Labute approximate surface area is 94.2 Å². The maximum atomic E-state index is 5.90. The quantitative estimate of drug-likeness (QED) is 0.786. The molecule has 15 heavy (non-hydrogen) atoms. The zero-order valence-corrected chi connectivity index (χ0v) is 9.44. The third-order valence-corrected chi connectivity index (χ3v) is 3.01. The first kappa shape index (κ1) is 10.6. The van der Waals surface area contributed by atoms with Gasteiger partial charge in [-0.15, -0.1) is 5.10 Å². The fourth-order valence-corrected chi connectivity index (χ4v) is 1.92. The van der Waals surface area contributed by atoms with E-state index in [0.717, 1.165) is 6.54 Å². The largest absolute Gasteiger partial charge is 0.474 e. The molecule has 0 amide bonds. The van der Waals surface area contributed by atoms with E-state index in [1.807, 2.05) is 0 Å². The summed E-state index contributed by atoms with van der Waals surface area (Å²) >= 11 is 5.90. The fraction of sp³-hybridized carbons (Fsp3) is 0.600. The van der Waals surface area contributed by atoms with Crippen LogP contribution in [0.25, 0.3) is 0 Å². The lowest BCUT2D eigenvalue weighted by Crippen LogP contribution is -2.30. The highest BCUT2D eigenvalue weighted by Crippen LogP contribution is 2.21. The number of nitrogens with zero attached hydrogens (tertiary/aromatic N) is 3. The van der Waals surface area contributed by atoms with E-state index in [2.05, 4.69) is 22.1 Å². The second kappa shape index (κ2) is 4.77. The molecule has 1 aliphatic rings. The highest BCUT2D eigenvalue weighted by atomic mass is 35.5. The van der Waals surface area contributed by atoms with Gasteiger partial charge < -0.3 is 9.64 Å². The van der Waals surface area contributed by atoms with Gasteiger partial charge in [0, 0.05) is 6.04 Å². The summed E-state index contributed by atoms with van der Waals surface area (Å²) in [7, 11) is 2.11. The van der Waals surface area contributed by atoms with Gasteiger partial charge in [-0.1, -0.05) is 11.6 Å². The molecule has 0 saturated carbocycles. The molecule has 0 aromatic carbocycles. The summed E-state index contributed by atoms with van der Waals surface area (Å²) in [5, 5.41) is 8.10. The number of hydrogen-bond donors (Lipinski definition) is 0. The number of rotatable bonds is 3. The van der Waals surface area contributed by atoms with Gasteiger partial charge in [0.05, 0.1) is 6.20 Å². The smallest absolute Gasteiger partial charge is 0.252 e. The van der Waals surface area contributed by atoms with Gasteiger partial charge in [0.1, 0.15) is 11.6 Å². The monoisotopic (exact) mass is 227 g/mol. The van der Waals surface area contributed by atoms with E-state index in [0.29, 0.717) is 23.6 Å².